The highest BCUT2D eigenvalue weighted by Crippen LogP contribution is 2.09. The number of benzene rings is 1. The number of amides is 1. The lowest BCUT2D eigenvalue weighted by Gasteiger charge is -2.07. The van der Waals surface area contributed by atoms with Crippen LogP contribution in [0.4, 0.5) is 4.39 Å². The number of hydrogen-bond donors (Lipinski definition) is 1. The third kappa shape index (κ3) is 4.36. The fourth-order valence-electron chi connectivity index (χ4n) is 1.86. The van der Waals surface area contributed by atoms with Crippen LogP contribution < -0.4 is 4.72 Å². The molecule has 1 amide bonds. The molecule has 0 bridgehead atoms. The lowest BCUT2D eigenvalue weighted by Crippen LogP contribution is -2.31. The van der Waals surface area contributed by atoms with Gasteiger partial charge in [-0.25, -0.2) is 14.1 Å². The molecular formula is C15H15FN2O3S. The van der Waals surface area contributed by atoms with Gasteiger partial charge in [0.2, 0.25) is 5.91 Å². The average molecular weight is 322 g/mol. The molecule has 0 aliphatic heterocycles. The van der Waals surface area contributed by atoms with Crippen LogP contribution in [0, 0.1) is 12.7 Å². The Kier molecular flexibility index (Phi) is 4.87. The van der Waals surface area contributed by atoms with Crippen molar-refractivity contribution in [1.82, 2.24) is 9.71 Å². The smallest absolute Gasteiger partial charge is 0.274 e. The first-order valence-corrected chi connectivity index (χ1v) is 8.08. The average Bonchev–Trinajstić information content (AvgIpc) is 2.45. The Bertz CT molecular complexity index is 791. The van der Waals surface area contributed by atoms with Crippen molar-refractivity contribution >= 4 is 15.9 Å². The lowest BCUT2D eigenvalue weighted by molar-refractivity contribution is -0.119. The van der Waals surface area contributed by atoms with Gasteiger partial charge < -0.3 is 0 Å². The molecule has 0 radical (unpaired) electrons. The molecule has 0 saturated carbocycles. The summed E-state index contributed by atoms with van der Waals surface area (Å²) in [4.78, 5) is 15.5. The van der Waals surface area contributed by atoms with Gasteiger partial charge in [0, 0.05) is 12.6 Å². The maximum Gasteiger partial charge on any atom is 0.281 e. The van der Waals surface area contributed by atoms with Gasteiger partial charge in [-0.1, -0.05) is 12.1 Å². The molecule has 0 fully saturated rings. The van der Waals surface area contributed by atoms with Crippen LogP contribution in [0.5, 0.6) is 0 Å². The number of halogens is 1. The topological polar surface area (TPSA) is 76.1 Å². The summed E-state index contributed by atoms with van der Waals surface area (Å²) in [5.74, 6) is -1.05. The molecule has 0 spiro atoms. The summed E-state index contributed by atoms with van der Waals surface area (Å²) in [5.41, 5.74) is 1.35. The van der Waals surface area contributed by atoms with E-state index < -0.39 is 21.7 Å². The second-order valence-corrected chi connectivity index (χ2v) is 6.46. The zero-order valence-corrected chi connectivity index (χ0v) is 12.7. The number of sulfonamides is 1. The van der Waals surface area contributed by atoms with Crippen LogP contribution >= 0.6 is 0 Å². The van der Waals surface area contributed by atoms with E-state index in [-0.39, 0.29) is 17.9 Å². The highest BCUT2D eigenvalue weighted by Gasteiger charge is 2.18. The van der Waals surface area contributed by atoms with Gasteiger partial charge in [0.05, 0.1) is 0 Å². The molecule has 7 heteroatoms. The van der Waals surface area contributed by atoms with Crippen LogP contribution in [-0.4, -0.2) is 19.3 Å². The van der Waals surface area contributed by atoms with Crippen molar-refractivity contribution in [2.24, 2.45) is 0 Å². The highest BCUT2D eigenvalue weighted by atomic mass is 32.2. The molecule has 5 nitrogen and oxygen atoms in total. The normalized spacial score (nSPS) is 11.2. The first-order chi connectivity index (χ1) is 10.4. The number of aromatic nitrogens is 1. The van der Waals surface area contributed by atoms with E-state index in [0.29, 0.717) is 5.56 Å². The maximum absolute atomic E-state index is 13.0. The molecule has 1 N–H and O–H groups in total. The molecule has 1 aromatic heterocycles. The molecule has 22 heavy (non-hydrogen) atoms. The van der Waals surface area contributed by atoms with Gasteiger partial charge in [-0.2, -0.15) is 8.42 Å². The minimum absolute atomic E-state index is 0.0610. The largest absolute Gasteiger partial charge is 0.281 e. The Morgan fingerprint density at radius 2 is 2.05 bits per heavy atom. The van der Waals surface area contributed by atoms with Gasteiger partial charge >= 0.3 is 0 Å². The Morgan fingerprint density at radius 3 is 2.73 bits per heavy atom. The van der Waals surface area contributed by atoms with Crippen LogP contribution in [0.25, 0.3) is 0 Å². The fourth-order valence-corrected chi connectivity index (χ4v) is 2.91. The van der Waals surface area contributed by atoms with Crippen molar-refractivity contribution in [1.29, 1.82) is 0 Å². The maximum atomic E-state index is 13.0. The first-order valence-electron chi connectivity index (χ1n) is 6.59. The van der Waals surface area contributed by atoms with Crippen LogP contribution in [0.15, 0.2) is 47.6 Å². The minimum Gasteiger partial charge on any atom is -0.274 e. The monoisotopic (exact) mass is 322 g/mol. The van der Waals surface area contributed by atoms with Crippen molar-refractivity contribution in [2.75, 3.05) is 0 Å². The molecule has 2 rings (SSSR count). The van der Waals surface area contributed by atoms with Crippen LogP contribution in [0.1, 0.15) is 17.5 Å². The van der Waals surface area contributed by atoms with Crippen molar-refractivity contribution < 1.29 is 17.6 Å². The van der Waals surface area contributed by atoms with Gasteiger partial charge in [0.25, 0.3) is 10.0 Å². The molecular weight excluding hydrogens is 307 g/mol. The summed E-state index contributed by atoms with van der Waals surface area (Å²) in [7, 11) is -3.98. The number of nitrogens with one attached hydrogen (secondary N) is 1. The molecule has 0 aliphatic rings. The summed E-state index contributed by atoms with van der Waals surface area (Å²) in [5, 5.41) is -0.202. The van der Waals surface area contributed by atoms with Crippen LogP contribution in [-0.2, 0) is 21.2 Å². The Balaban J connectivity index is 1.99. The van der Waals surface area contributed by atoms with Crippen molar-refractivity contribution in [3.8, 4) is 0 Å². The lowest BCUT2D eigenvalue weighted by atomic mass is 10.1. The summed E-state index contributed by atoms with van der Waals surface area (Å²) >= 11 is 0. The zero-order valence-electron chi connectivity index (χ0n) is 11.9. The van der Waals surface area contributed by atoms with Gasteiger partial charge in [0.1, 0.15) is 5.82 Å². The van der Waals surface area contributed by atoms with Crippen LogP contribution in [0.3, 0.4) is 0 Å². The standard InChI is InChI=1S/C15H15FN2O3S/c1-11-7-8-17-15(9-11)22(20,21)18-14(19)6-5-12-3-2-4-13(16)10-12/h2-4,7-10H,5-6H2,1H3,(H,18,19). The molecule has 116 valence electrons. The van der Waals surface area contributed by atoms with Gasteiger partial charge in [-0.05, 0) is 48.7 Å². The molecule has 1 aromatic carbocycles. The quantitative estimate of drug-likeness (QED) is 0.913. The molecule has 0 unspecified atom stereocenters. The van der Waals surface area contributed by atoms with Gasteiger partial charge in [-0.3, -0.25) is 4.79 Å². The highest BCUT2D eigenvalue weighted by molar-refractivity contribution is 7.90. The second kappa shape index (κ2) is 6.65. The van der Waals surface area contributed by atoms with E-state index in [9.17, 15) is 17.6 Å². The Labute approximate surface area is 128 Å². The minimum atomic E-state index is -3.98. The number of carbonyl (C=O) groups is 1. The molecule has 0 saturated heterocycles. The third-order valence-electron chi connectivity index (χ3n) is 2.94. The van der Waals surface area contributed by atoms with E-state index >= 15 is 0 Å². The molecule has 1 heterocycles. The van der Waals surface area contributed by atoms with E-state index in [1.807, 2.05) is 4.72 Å². The Morgan fingerprint density at radius 1 is 1.27 bits per heavy atom. The molecule has 0 aliphatic carbocycles. The third-order valence-corrected chi connectivity index (χ3v) is 4.21. The van der Waals surface area contributed by atoms with Gasteiger partial charge in [-0.15, -0.1) is 0 Å². The van der Waals surface area contributed by atoms with Gasteiger partial charge in [0.15, 0.2) is 5.03 Å². The summed E-state index contributed by atoms with van der Waals surface area (Å²) in [6, 6.07) is 8.86. The number of carbonyl (C=O) groups excluding carboxylic acids is 1. The summed E-state index contributed by atoms with van der Waals surface area (Å²) < 4.78 is 39.0. The van der Waals surface area contributed by atoms with E-state index in [2.05, 4.69) is 4.98 Å². The molecule has 2 aromatic rings. The van der Waals surface area contributed by atoms with Crippen molar-refractivity contribution in [2.45, 2.75) is 24.8 Å². The number of rotatable bonds is 5. The summed E-state index contributed by atoms with van der Waals surface area (Å²) in [6.07, 6.45) is 1.55. The number of pyridine rings is 1. The number of aryl methyl sites for hydroxylation is 2. The van der Waals surface area contributed by atoms with Crippen molar-refractivity contribution in [3.63, 3.8) is 0 Å². The predicted octanol–water partition coefficient (Wildman–Crippen LogP) is 1.97. The number of hydrogen-bond acceptors (Lipinski definition) is 4. The van der Waals surface area contributed by atoms with Crippen LogP contribution in [0.2, 0.25) is 0 Å². The summed E-state index contributed by atoms with van der Waals surface area (Å²) in [6.45, 7) is 1.73. The predicted molar refractivity (Wildman–Crippen MR) is 79.0 cm³/mol. The Hall–Kier alpha value is -2.28. The SMILES string of the molecule is Cc1ccnc(S(=O)(=O)NC(=O)CCc2cccc(F)c2)c1. The zero-order chi connectivity index (χ0) is 16.2. The first kappa shape index (κ1) is 16.1. The van der Waals surface area contributed by atoms with E-state index in [1.54, 1.807) is 19.1 Å². The number of nitrogens with zero attached hydrogens (tertiary/aromatic N) is 1. The molecule has 0 atom stereocenters. The second-order valence-electron chi connectivity index (χ2n) is 4.83. The van der Waals surface area contributed by atoms with E-state index in [1.165, 1.54) is 30.5 Å². The van der Waals surface area contributed by atoms with Crippen molar-refractivity contribution in [3.05, 3.63) is 59.5 Å². The van der Waals surface area contributed by atoms with E-state index in [0.717, 1.165) is 5.56 Å². The fraction of sp³-hybridized carbons (Fsp3) is 0.200. The van der Waals surface area contributed by atoms with E-state index in [4.69, 9.17) is 0 Å².